The number of halogens is 1. The number of fused-ring (bicyclic) bond motifs is 1. The smallest absolute Gasteiger partial charge is 1.00 e. The number of hydrogen-bond donors (Lipinski definition) is 0. The Bertz CT molecular complexity index is 466. The quantitative estimate of drug-likeness (QED) is 0.403. The van der Waals surface area contributed by atoms with E-state index in [9.17, 15) is 0 Å². The van der Waals surface area contributed by atoms with Crippen molar-refractivity contribution < 1.29 is 17.0 Å². The summed E-state index contributed by atoms with van der Waals surface area (Å²) in [6, 6.07) is 14.1. The molecule has 0 aromatic heterocycles. The second-order valence-electron chi connectivity index (χ2n) is 2.81. The van der Waals surface area contributed by atoms with Gasteiger partial charge in [0.15, 0.2) is 0 Å². The third-order valence-electron chi connectivity index (χ3n) is 2.01. The molecule has 0 aliphatic rings. The van der Waals surface area contributed by atoms with Crippen molar-refractivity contribution in [3.63, 3.8) is 0 Å². The predicted octanol–water partition coefficient (Wildman–Crippen LogP) is -0.315. The molecule has 15 heavy (non-hydrogen) atoms. The Morgan fingerprint density at radius 2 is 1.60 bits per heavy atom. The number of hydrogen-bond acceptors (Lipinski definition) is 2. The summed E-state index contributed by atoms with van der Waals surface area (Å²) in [4.78, 5) is 0. The average molecular weight is 308 g/mol. The van der Waals surface area contributed by atoms with Crippen LogP contribution in [0, 0.1) is 0 Å². The van der Waals surface area contributed by atoms with Crippen LogP contribution in [-0.2, 0) is 12.6 Å². The molecule has 0 amide bonds. The molecule has 72 valence electrons. The van der Waals surface area contributed by atoms with Gasteiger partial charge in [-0.25, -0.2) is 0 Å². The molecule has 0 bridgehead atoms. The van der Waals surface area contributed by atoms with Crippen LogP contribution < -0.4 is 17.0 Å². The summed E-state index contributed by atoms with van der Waals surface area (Å²) in [5, 5.41) is 2.33. The van der Waals surface area contributed by atoms with Crippen molar-refractivity contribution >= 4 is 62.9 Å². The van der Waals surface area contributed by atoms with Gasteiger partial charge in [0.05, 0.1) is 0 Å². The summed E-state index contributed by atoms with van der Waals surface area (Å²) >= 11 is 10.0. The van der Waals surface area contributed by atoms with Gasteiger partial charge in [0.25, 0.3) is 0 Å². The molecule has 0 fully saturated rings. The summed E-state index contributed by atoms with van der Waals surface area (Å²) in [7, 11) is 0. The number of benzene rings is 2. The van der Waals surface area contributed by atoms with E-state index < -0.39 is 0 Å². The van der Waals surface area contributed by atoms with E-state index in [0.717, 1.165) is 10.9 Å². The van der Waals surface area contributed by atoms with Gasteiger partial charge in [-0.1, -0.05) is 42.5 Å². The minimum atomic E-state index is 0. The van der Waals surface area contributed by atoms with Crippen LogP contribution >= 0.6 is 12.2 Å². The van der Waals surface area contributed by atoms with Crippen LogP contribution in [0.5, 0.6) is 0 Å². The molecule has 0 saturated heterocycles. The van der Waals surface area contributed by atoms with E-state index in [1.54, 1.807) is 0 Å². The van der Waals surface area contributed by atoms with Gasteiger partial charge in [0.1, 0.15) is 0 Å². The maximum absolute atomic E-state index is 5.00. The zero-order valence-corrected chi connectivity index (χ0v) is 12.6. The molecule has 4 heteroatoms. The molecule has 0 saturated carbocycles. The molecule has 0 radical (unpaired) electrons. The molecule has 0 N–H and O–H groups in total. The van der Waals surface area contributed by atoms with Crippen LogP contribution in [0.1, 0.15) is 5.56 Å². The molecular weight excluding hydrogens is 300 g/mol. The van der Waals surface area contributed by atoms with Gasteiger partial charge in [0.2, 0.25) is 0 Å². The molecule has 0 heterocycles. The Morgan fingerprint density at radius 3 is 2.27 bits per heavy atom. The molecule has 2 rings (SSSR count). The van der Waals surface area contributed by atoms with Crippen molar-refractivity contribution in [1.82, 2.24) is 0 Å². The molecule has 0 atom stereocenters. The first-order valence-electron chi connectivity index (χ1n) is 3.98. The molecule has 2 aromatic rings. The molecule has 0 unspecified atom stereocenters. The van der Waals surface area contributed by atoms with Crippen LogP contribution in [0.15, 0.2) is 42.5 Å². The van der Waals surface area contributed by atoms with E-state index in [1.165, 1.54) is 5.39 Å². The van der Waals surface area contributed by atoms with Gasteiger partial charge in [0, 0.05) is 0 Å². The van der Waals surface area contributed by atoms with Crippen LogP contribution in [0.3, 0.4) is 0 Å². The van der Waals surface area contributed by atoms with Gasteiger partial charge >= 0.3 is 23.1 Å². The summed E-state index contributed by atoms with van der Waals surface area (Å²) in [5.41, 5.74) is 0.989. The van der Waals surface area contributed by atoms with E-state index >= 15 is 0 Å². The van der Waals surface area contributed by atoms with Crippen LogP contribution in [0.4, 0.5) is 0 Å². The number of thiocarbonyl (C=S) groups is 1. The Labute approximate surface area is 127 Å². The maximum Gasteiger partial charge on any atom is 2.00 e. The van der Waals surface area contributed by atoms with Crippen LogP contribution in [0.2, 0.25) is 0 Å². The third kappa shape index (κ3) is 3.36. The predicted molar refractivity (Wildman–Crippen MR) is 68.8 cm³/mol. The second kappa shape index (κ2) is 6.76. The molecule has 0 aliphatic heterocycles. The zero-order chi connectivity index (χ0) is 9.26. The molecule has 0 aliphatic carbocycles. The maximum atomic E-state index is 5.00. The summed E-state index contributed by atoms with van der Waals surface area (Å²) < 4.78 is 0.539. The van der Waals surface area contributed by atoms with Gasteiger partial charge in [-0.15, -0.1) is 4.20 Å². The fourth-order valence-electron chi connectivity index (χ4n) is 1.40. The van der Waals surface area contributed by atoms with E-state index in [4.69, 9.17) is 24.8 Å². The van der Waals surface area contributed by atoms with Crippen LogP contribution in [0.25, 0.3) is 10.8 Å². The van der Waals surface area contributed by atoms with E-state index in [0.29, 0.717) is 4.20 Å². The Hall–Kier alpha value is 0.256. The van der Waals surface area contributed by atoms with E-state index in [1.807, 2.05) is 30.3 Å². The normalized spacial score (nSPS) is 8.80. The fourth-order valence-corrected chi connectivity index (χ4v) is 1.76. The van der Waals surface area contributed by atoms with Crippen molar-refractivity contribution in [2.75, 3.05) is 0 Å². The van der Waals surface area contributed by atoms with Crippen molar-refractivity contribution in [2.45, 2.75) is 0 Å². The molecular formula is C11H7BrMgS2. The first kappa shape index (κ1) is 15.3. The molecule has 0 nitrogen and oxygen atoms in total. The minimum Gasteiger partial charge on any atom is -1.00 e. The first-order valence-corrected chi connectivity index (χ1v) is 4.80. The Kier molecular flexibility index (Phi) is 6.87. The summed E-state index contributed by atoms with van der Waals surface area (Å²) in [6.07, 6.45) is 0. The third-order valence-corrected chi connectivity index (χ3v) is 2.45. The van der Waals surface area contributed by atoms with Gasteiger partial charge < -0.3 is 41.8 Å². The minimum absolute atomic E-state index is 0. The van der Waals surface area contributed by atoms with E-state index in [2.05, 4.69) is 12.1 Å². The summed E-state index contributed by atoms with van der Waals surface area (Å²) in [5.74, 6) is 0. The van der Waals surface area contributed by atoms with Gasteiger partial charge in [-0.05, 0) is 16.3 Å². The standard InChI is InChI=1S/C11H8S2.BrH.Mg/c12-11(13)10-7-3-5-8-4-1-2-6-9(8)10;;/h1-7H,(H,12,13);1H;/q;;+2/p-2. The van der Waals surface area contributed by atoms with Gasteiger partial charge in [-0.2, -0.15) is 0 Å². The fraction of sp³-hybridized carbons (Fsp3) is 0. The van der Waals surface area contributed by atoms with Crippen LogP contribution in [-0.4, -0.2) is 27.2 Å². The van der Waals surface area contributed by atoms with Crippen molar-refractivity contribution in [3.05, 3.63) is 48.0 Å². The second-order valence-corrected chi connectivity index (χ2v) is 3.89. The summed E-state index contributed by atoms with van der Waals surface area (Å²) in [6.45, 7) is 0. The van der Waals surface area contributed by atoms with E-state index in [-0.39, 0.29) is 40.0 Å². The zero-order valence-electron chi connectivity index (χ0n) is 7.94. The molecule has 0 spiro atoms. The van der Waals surface area contributed by atoms with Crippen molar-refractivity contribution in [1.29, 1.82) is 0 Å². The van der Waals surface area contributed by atoms with Gasteiger partial charge in [-0.3, -0.25) is 0 Å². The molecule has 2 aromatic carbocycles. The topological polar surface area (TPSA) is 0 Å². The first-order chi connectivity index (χ1) is 6.29. The SMILES string of the molecule is S=C([S-])c1cccc2ccccc12.[Br-].[Mg+2]. The van der Waals surface area contributed by atoms with Crippen molar-refractivity contribution in [3.8, 4) is 0 Å². The largest absolute Gasteiger partial charge is 2.00 e. The Balaban J connectivity index is 0.000000980. The number of rotatable bonds is 1. The Morgan fingerprint density at radius 1 is 1.00 bits per heavy atom. The average Bonchev–Trinajstić information content (AvgIpc) is 2.17. The monoisotopic (exact) mass is 306 g/mol. The van der Waals surface area contributed by atoms with Crippen molar-refractivity contribution in [2.24, 2.45) is 0 Å².